The molecule has 1 heterocycles. The number of carbonyl (C=O) groups excluding carboxylic acids is 2. The summed E-state index contributed by atoms with van der Waals surface area (Å²) in [4.78, 5) is 39.2. The van der Waals surface area contributed by atoms with Gasteiger partial charge >= 0.3 is 5.97 Å². The monoisotopic (exact) mass is 328 g/mol. The van der Waals surface area contributed by atoms with Crippen molar-refractivity contribution in [1.82, 2.24) is 10.3 Å². The second-order valence-corrected chi connectivity index (χ2v) is 6.13. The van der Waals surface area contributed by atoms with Gasteiger partial charge in [-0.05, 0) is 31.9 Å². The molecule has 6 nitrogen and oxygen atoms in total. The predicted molar refractivity (Wildman–Crippen MR) is 89.8 cm³/mol. The van der Waals surface area contributed by atoms with Crippen LogP contribution in [0.2, 0.25) is 0 Å². The molecule has 0 aliphatic heterocycles. The Hall–Kier alpha value is -2.63. The zero-order chi connectivity index (χ0) is 17.1. The van der Waals surface area contributed by atoms with E-state index in [1.807, 2.05) is 0 Å². The van der Waals surface area contributed by atoms with Crippen molar-refractivity contribution in [3.8, 4) is 0 Å². The first-order valence-corrected chi connectivity index (χ1v) is 8.18. The number of benzene rings is 1. The Labute approximate surface area is 139 Å². The normalized spacial score (nSPS) is 16.0. The Morgan fingerprint density at radius 1 is 1.25 bits per heavy atom. The largest absolute Gasteiger partial charge is 0.448 e. The summed E-state index contributed by atoms with van der Waals surface area (Å²) < 4.78 is 5.19. The highest BCUT2D eigenvalue weighted by Gasteiger charge is 2.24. The van der Waals surface area contributed by atoms with Gasteiger partial charge in [0.15, 0.2) is 11.5 Å². The lowest BCUT2D eigenvalue weighted by molar-refractivity contribution is -0.129. The van der Waals surface area contributed by atoms with Gasteiger partial charge in [-0.3, -0.25) is 9.59 Å². The van der Waals surface area contributed by atoms with E-state index in [0.717, 1.165) is 25.7 Å². The van der Waals surface area contributed by atoms with Gasteiger partial charge in [0.2, 0.25) is 0 Å². The molecule has 1 saturated carbocycles. The highest BCUT2D eigenvalue weighted by molar-refractivity contribution is 5.93. The first kappa shape index (κ1) is 16.2. The molecular formula is C18H20N2O4. The summed E-state index contributed by atoms with van der Waals surface area (Å²) in [6.45, 7) is 1.53. The van der Waals surface area contributed by atoms with E-state index in [1.54, 1.807) is 24.3 Å². The van der Waals surface area contributed by atoms with Gasteiger partial charge in [-0.1, -0.05) is 25.0 Å². The van der Waals surface area contributed by atoms with Crippen LogP contribution in [0.3, 0.4) is 0 Å². The van der Waals surface area contributed by atoms with Gasteiger partial charge in [0.25, 0.3) is 5.91 Å². The summed E-state index contributed by atoms with van der Waals surface area (Å²) in [5.41, 5.74) is 0.332. The van der Waals surface area contributed by atoms with Crippen molar-refractivity contribution < 1.29 is 14.3 Å². The van der Waals surface area contributed by atoms with E-state index in [0.29, 0.717) is 10.9 Å². The number of para-hydroxylation sites is 1. The average molecular weight is 328 g/mol. The van der Waals surface area contributed by atoms with E-state index < -0.39 is 12.1 Å². The number of fused-ring (bicyclic) bond motifs is 1. The number of rotatable bonds is 4. The Balaban J connectivity index is 1.70. The number of pyridine rings is 1. The number of ether oxygens (including phenoxy) is 1. The van der Waals surface area contributed by atoms with Crippen LogP contribution in [-0.2, 0) is 9.53 Å². The molecule has 2 N–H and O–H groups in total. The molecule has 1 aromatic heterocycles. The maximum Gasteiger partial charge on any atom is 0.355 e. The van der Waals surface area contributed by atoms with Crippen LogP contribution in [0.1, 0.15) is 43.1 Å². The molecule has 3 rings (SSSR count). The zero-order valence-electron chi connectivity index (χ0n) is 13.5. The Kier molecular flexibility index (Phi) is 4.64. The molecular weight excluding hydrogens is 308 g/mol. The van der Waals surface area contributed by atoms with Gasteiger partial charge in [0, 0.05) is 23.0 Å². The molecule has 0 saturated heterocycles. The molecule has 1 aliphatic rings. The van der Waals surface area contributed by atoms with Crippen LogP contribution >= 0.6 is 0 Å². The van der Waals surface area contributed by atoms with Gasteiger partial charge in [-0.15, -0.1) is 0 Å². The molecule has 0 unspecified atom stereocenters. The number of aromatic nitrogens is 1. The molecule has 1 aromatic carbocycles. The van der Waals surface area contributed by atoms with Crippen molar-refractivity contribution in [3.05, 3.63) is 46.2 Å². The van der Waals surface area contributed by atoms with Crippen LogP contribution in [0.5, 0.6) is 0 Å². The van der Waals surface area contributed by atoms with Crippen molar-refractivity contribution in [1.29, 1.82) is 0 Å². The van der Waals surface area contributed by atoms with Crippen molar-refractivity contribution in [2.24, 2.45) is 0 Å². The van der Waals surface area contributed by atoms with Gasteiger partial charge in [-0.25, -0.2) is 4.79 Å². The lowest BCUT2D eigenvalue weighted by atomic mass is 10.2. The fourth-order valence-corrected chi connectivity index (χ4v) is 2.97. The third kappa shape index (κ3) is 3.48. The van der Waals surface area contributed by atoms with Gasteiger partial charge in [0.1, 0.15) is 5.69 Å². The van der Waals surface area contributed by atoms with Crippen LogP contribution < -0.4 is 10.7 Å². The third-order valence-electron chi connectivity index (χ3n) is 4.31. The predicted octanol–water partition coefficient (Wildman–Crippen LogP) is 2.13. The maximum atomic E-state index is 12.2. The Morgan fingerprint density at radius 3 is 2.71 bits per heavy atom. The fraction of sp³-hybridized carbons (Fsp3) is 0.389. The number of aromatic amines is 1. The quantitative estimate of drug-likeness (QED) is 0.842. The number of carbonyl (C=O) groups is 2. The first-order valence-electron chi connectivity index (χ1n) is 8.18. The third-order valence-corrected chi connectivity index (χ3v) is 4.31. The smallest absolute Gasteiger partial charge is 0.355 e. The summed E-state index contributed by atoms with van der Waals surface area (Å²) in [7, 11) is 0. The topological polar surface area (TPSA) is 88.3 Å². The minimum absolute atomic E-state index is 0.0409. The number of nitrogens with one attached hydrogen (secondary N) is 2. The summed E-state index contributed by atoms with van der Waals surface area (Å²) in [5.74, 6) is -1.02. The minimum atomic E-state index is -0.909. The minimum Gasteiger partial charge on any atom is -0.448 e. The van der Waals surface area contributed by atoms with E-state index in [9.17, 15) is 14.4 Å². The summed E-state index contributed by atoms with van der Waals surface area (Å²) in [5, 5.41) is 3.39. The van der Waals surface area contributed by atoms with Crippen LogP contribution in [-0.4, -0.2) is 29.0 Å². The lowest BCUT2D eigenvalue weighted by Gasteiger charge is -2.17. The van der Waals surface area contributed by atoms with Crippen LogP contribution in [0.4, 0.5) is 0 Å². The standard InChI is InChI=1S/C18H20N2O4/c1-11(17(22)19-12-6-2-3-7-12)24-18(23)15-10-16(21)13-8-4-5-9-14(13)20-15/h4-5,8-12H,2-3,6-7H2,1H3,(H,19,22)(H,20,21)/t11-/m0/s1. The zero-order valence-corrected chi connectivity index (χ0v) is 13.5. The summed E-state index contributed by atoms with van der Waals surface area (Å²) in [6, 6.07) is 8.28. The van der Waals surface area contributed by atoms with Crippen molar-refractivity contribution in [3.63, 3.8) is 0 Å². The molecule has 6 heteroatoms. The first-order chi connectivity index (χ1) is 11.5. The molecule has 1 amide bonds. The van der Waals surface area contributed by atoms with E-state index in [-0.39, 0.29) is 23.1 Å². The SMILES string of the molecule is C[C@H](OC(=O)c1cc(=O)c2ccccc2[nH]1)C(=O)NC1CCCC1. The molecule has 0 bridgehead atoms. The van der Waals surface area contributed by atoms with Crippen LogP contribution in [0.15, 0.2) is 35.1 Å². The fourth-order valence-electron chi connectivity index (χ4n) is 2.97. The lowest BCUT2D eigenvalue weighted by Crippen LogP contribution is -2.41. The second kappa shape index (κ2) is 6.86. The van der Waals surface area contributed by atoms with Gasteiger partial charge < -0.3 is 15.0 Å². The molecule has 1 fully saturated rings. The molecule has 1 atom stereocenters. The Bertz CT molecular complexity index is 821. The molecule has 126 valence electrons. The summed E-state index contributed by atoms with van der Waals surface area (Å²) in [6.07, 6.45) is 3.23. The molecule has 24 heavy (non-hydrogen) atoms. The van der Waals surface area contributed by atoms with E-state index >= 15 is 0 Å². The maximum absolute atomic E-state index is 12.2. The molecule has 1 aliphatic carbocycles. The highest BCUT2D eigenvalue weighted by atomic mass is 16.5. The molecule has 0 radical (unpaired) electrons. The number of esters is 1. The molecule has 2 aromatic rings. The highest BCUT2D eigenvalue weighted by Crippen LogP contribution is 2.18. The number of amides is 1. The van der Waals surface area contributed by atoms with Gasteiger partial charge in [0.05, 0.1) is 0 Å². The van der Waals surface area contributed by atoms with Crippen LogP contribution in [0, 0.1) is 0 Å². The number of hydrogen-bond donors (Lipinski definition) is 2. The molecule has 0 spiro atoms. The van der Waals surface area contributed by atoms with Crippen molar-refractivity contribution in [2.75, 3.05) is 0 Å². The second-order valence-electron chi connectivity index (χ2n) is 6.13. The average Bonchev–Trinajstić information content (AvgIpc) is 3.07. The summed E-state index contributed by atoms with van der Waals surface area (Å²) >= 11 is 0. The number of H-pyrrole nitrogens is 1. The van der Waals surface area contributed by atoms with Crippen molar-refractivity contribution in [2.45, 2.75) is 44.8 Å². The van der Waals surface area contributed by atoms with E-state index in [4.69, 9.17) is 4.74 Å². The number of hydrogen-bond acceptors (Lipinski definition) is 4. The van der Waals surface area contributed by atoms with E-state index in [2.05, 4.69) is 10.3 Å². The van der Waals surface area contributed by atoms with Crippen molar-refractivity contribution >= 4 is 22.8 Å². The Morgan fingerprint density at radius 2 is 1.96 bits per heavy atom. The van der Waals surface area contributed by atoms with E-state index in [1.165, 1.54) is 13.0 Å². The van der Waals surface area contributed by atoms with Crippen LogP contribution in [0.25, 0.3) is 10.9 Å². The van der Waals surface area contributed by atoms with Gasteiger partial charge in [-0.2, -0.15) is 0 Å².